The summed E-state index contributed by atoms with van der Waals surface area (Å²) in [6.45, 7) is 1.75. The minimum Gasteiger partial charge on any atom is -0.445 e. The number of nitrogens with zero attached hydrogens (tertiary/aromatic N) is 1. The zero-order valence-corrected chi connectivity index (χ0v) is 10.3. The van der Waals surface area contributed by atoms with Crippen LogP contribution in [0.25, 0.3) is 0 Å². The summed E-state index contributed by atoms with van der Waals surface area (Å²) in [5.74, 6) is 0. The van der Waals surface area contributed by atoms with Gasteiger partial charge in [0, 0.05) is 24.7 Å². The highest BCUT2D eigenvalue weighted by Crippen LogP contribution is 2.12. The first-order valence-electron chi connectivity index (χ1n) is 6.02. The fourth-order valence-electron chi connectivity index (χ4n) is 1.85. The number of benzene rings is 1. The van der Waals surface area contributed by atoms with E-state index in [1.54, 1.807) is 12.1 Å². The maximum Gasteiger partial charge on any atom is 0.407 e. The highest BCUT2D eigenvalue weighted by Gasteiger charge is 2.17. The number of ether oxygens (including phenoxy) is 1. The molecule has 1 atom stereocenters. The molecule has 1 heterocycles. The van der Waals surface area contributed by atoms with E-state index in [0.29, 0.717) is 5.56 Å². The summed E-state index contributed by atoms with van der Waals surface area (Å²) in [4.78, 5) is 21.5. The smallest absolute Gasteiger partial charge is 0.407 e. The van der Waals surface area contributed by atoms with Crippen molar-refractivity contribution in [2.45, 2.75) is 19.1 Å². The molecule has 102 valence electrons. The fraction of sp³-hybridized carbons (Fsp3) is 0.417. The van der Waals surface area contributed by atoms with Crippen LogP contribution in [0, 0.1) is 10.1 Å². The Hall–Kier alpha value is -2.15. The van der Waals surface area contributed by atoms with Gasteiger partial charge in [0.25, 0.3) is 5.69 Å². The van der Waals surface area contributed by atoms with E-state index >= 15 is 0 Å². The standard InChI is InChI=1S/C12H15N3O4/c16-12(14-10-5-6-13-7-10)19-8-9-1-3-11(4-2-9)15(17)18/h1-4,10,13H,5-8H2,(H,14,16)/t10-/m1/s1. The van der Waals surface area contributed by atoms with E-state index in [4.69, 9.17) is 4.74 Å². The van der Waals surface area contributed by atoms with Crippen molar-refractivity contribution < 1.29 is 14.5 Å². The predicted octanol–water partition coefficient (Wildman–Crippen LogP) is 1.18. The van der Waals surface area contributed by atoms with Crippen LogP contribution in [0.1, 0.15) is 12.0 Å². The summed E-state index contributed by atoms with van der Waals surface area (Å²) in [6.07, 6.45) is 0.430. The van der Waals surface area contributed by atoms with Crippen molar-refractivity contribution in [2.75, 3.05) is 13.1 Å². The number of rotatable bonds is 4. The van der Waals surface area contributed by atoms with Crippen LogP contribution in [0.4, 0.5) is 10.5 Å². The first kappa shape index (κ1) is 13.3. The molecule has 1 aliphatic heterocycles. The minimum atomic E-state index is -0.468. The number of alkyl carbamates (subject to hydrolysis) is 1. The van der Waals surface area contributed by atoms with Gasteiger partial charge in [0.2, 0.25) is 0 Å². The highest BCUT2D eigenvalue weighted by molar-refractivity contribution is 5.67. The van der Waals surface area contributed by atoms with E-state index < -0.39 is 11.0 Å². The van der Waals surface area contributed by atoms with Gasteiger partial charge >= 0.3 is 6.09 Å². The Morgan fingerprint density at radius 2 is 2.21 bits per heavy atom. The van der Waals surface area contributed by atoms with Crippen LogP contribution in [0.3, 0.4) is 0 Å². The molecule has 0 spiro atoms. The molecule has 2 rings (SSSR count). The lowest BCUT2D eigenvalue weighted by atomic mass is 10.2. The maximum atomic E-state index is 11.5. The monoisotopic (exact) mass is 265 g/mol. The fourth-order valence-corrected chi connectivity index (χ4v) is 1.85. The summed E-state index contributed by atoms with van der Waals surface area (Å²) in [7, 11) is 0. The van der Waals surface area contributed by atoms with Crippen molar-refractivity contribution >= 4 is 11.8 Å². The molecular formula is C12H15N3O4. The molecule has 1 aromatic rings. The van der Waals surface area contributed by atoms with Crippen molar-refractivity contribution in [1.29, 1.82) is 0 Å². The lowest BCUT2D eigenvalue weighted by Gasteiger charge is -2.11. The van der Waals surface area contributed by atoms with Gasteiger partial charge < -0.3 is 15.4 Å². The predicted molar refractivity (Wildman–Crippen MR) is 67.7 cm³/mol. The second-order valence-corrected chi connectivity index (χ2v) is 4.33. The first-order chi connectivity index (χ1) is 9.15. The van der Waals surface area contributed by atoms with E-state index in [-0.39, 0.29) is 18.3 Å². The molecule has 0 aliphatic carbocycles. The lowest BCUT2D eigenvalue weighted by molar-refractivity contribution is -0.384. The largest absolute Gasteiger partial charge is 0.445 e. The second kappa shape index (κ2) is 6.14. The quantitative estimate of drug-likeness (QED) is 0.630. The second-order valence-electron chi connectivity index (χ2n) is 4.33. The summed E-state index contributed by atoms with van der Waals surface area (Å²) >= 11 is 0. The zero-order chi connectivity index (χ0) is 13.7. The first-order valence-corrected chi connectivity index (χ1v) is 6.02. The molecule has 0 unspecified atom stereocenters. The average Bonchev–Trinajstić information content (AvgIpc) is 2.89. The van der Waals surface area contributed by atoms with Crippen LogP contribution < -0.4 is 10.6 Å². The number of carbonyl (C=O) groups is 1. The zero-order valence-electron chi connectivity index (χ0n) is 10.3. The van der Waals surface area contributed by atoms with Crippen molar-refractivity contribution in [2.24, 2.45) is 0 Å². The lowest BCUT2D eigenvalue weighted by Crippen LogP contribution is -2.36. The molecule has 1 aliphatic rings. The summed E-state index contributed by atoms with van der Waals surface area (Å²) in [6, 6.07) is 6.03. The van der Waals surface area contributed by atoms with Crippen molar-refractivity contribution in [1.82, 2.24) is 10.6 Å². The number of hydrogen-bond donors (Lipinski definition) is 2. The molecule has 19 heavy (non-hydrogen) atoms. The average molecular weight is 265 g/mol. The number of hydrogen-bond acceptors (Lipinski definition) is 5. The molecule has 0 bridgehead atoms. The molecular weight excluding hydrogens is 250 g/mol. The number of amides is 1. The van der Waals surface area contributed by atoms with Crippen LogP contribution >= 0.6 is 0 Å². The molecule has 7 heteroatoms. The van der Waals surface area contributed by atoms with Crippen molar-refractivity contribution in [3.63, 3.8) is 0 Å². The van der Waals surface area contributed by atoms with Gasteiger partial charge in [0.1, 0.15) is 6.61 Å². The topological polar surface area (TPSA) is 93.5 Å². The van der Waals surface area contributed by atoms with Gasteiger partial charge in [-0.1, -0.05) is 0 Å². The van der Waals surface area contributed by atoms with Gasteiger partial charge in [-0.25, -0.2) is 4.79 Å². The molecule has 7 nitrogen and oxygen atoms in total. The van der Waals surface area contributed by atoms with Crippen LogP contribution in [-0.2, 0) is 11.3 Å². The van der Waals surface area contributed by atoms with Crippen LogP contribution in [0.15, 0.2) is 24.3 Å². The number of non-ortho nitro benzene ring substituents is 1. The normalized spacial score (nSPS) is 18.0. The highest BCUT2D eigenvalue weighted by atomic mass is 16.6. The molecule has 0 radical (unpaired) electrons. The molecule has 0 saturated carbocycles. The third-order valence-corrected chi connectivity index (χ3v) is 2.90. The van der Waals surface area contributed by atoms with Crippen molar-refractivity contribution in [3.8, 4) is 0 Å². The van der Waals surface area contributed by atoms with Gasteiger partial charge in [0.05, 0.1) is 4.92 Å². The van der Waals surface area contributed by atoms with Gasteiger partial charge in [-0.3, -0.25) is 10.1 Å². The Balaban J connectivity index is 1.77. The van der Waals surface area contributed by atoms with Gasteiger partial charge in [-0.15, -0.1) is 0 Å². The summed E-state index contributed by atoms with van der Waals surface area (Å²) in [5.41, 5.74) is 0.732. The maximum absolute atomic E-state index is 11.5. The Bertz CT molecular complexity index is 455. The number of nitrogens with one attached hydrogen (secondary N) is 2. The van der Waals surface area contributed by atoms with Gasteiger partial charge in [-0.2, -0.15) is 0 Å². The van der Waals surface area contributed by atoms with Crippen LogP contribution in [0.2, 0.25) is 0 Å². The van der Waals surface area contributed by atoms with Gasteiger partial charge in [0.15, 0.2) is 0 Å². The molecule has 1 saturated heterocycles. The Morgan fingerprint density at radius 3 is 2.79 bits per heavy atom. The molecule has 0 aromatic heterocycles. The number of carbonyl (C=O) groups excluding carboxylic acids is 1. The van der Waals surface area contributed by atoms with Crippen molar-refractivity contribution in [3.05, 3.63) is 39.9 Å². The third-order valence-electron chi connectivity index (χ3n) is 2.90. The van der Waals surface area contributed by atoms with Crippen LogP contribution in [-0.4, -0.2) is 30.1 Å². The third kappa shape index (κ3) is 3.92. The molecule has 1 aromatic carbocycles. The molecule has 1 amide bonds. The number of nitro groups is 1. The minimum absolute atomic E-state index is 0.0187. The van der Waals surface area contributed by atoms with E-state index in [1.807, 2.05) is 0 Å². The Kier molecular flexibility index (Phi) is 4.30. The Morgan fingerprint density at radius 1 is 1.47 bits per heavy atom. The van der Waals surface area contributed by atoms with Crippen LogP contribution in [0.5, 0.6) is 0 Å². The summed E-state index contributed by atoms with van der Waals surface area (Å²) < 4.78 is 5.04. The summed E-state index contributed by atoms with van der Waals surface area (Å²) in [5, 5.41) is 16.4. The van der Waals surface area contributed by atoms with E-state index in [9.17, 15) is 14.9 Å². The molecule has 2 N–H and O–H groups in total. The van der Waals surface area contributed by atoms with E-state index in [1.165, 1.54) is 12.1 Å². The van der Waals surface area contributed by atoms with E-state index in [2.05, 4.69) is 10.6 Å². The Labute approximate surface area is 110 Å². The van der Waals surface area contributed by atoms with E-state index in [0.717, 1.165) is 19.5 Å². The molecule has 1 fully saturated rings. The SMILES string of the molecule is O=C(N[C@@H]1CCNC1)OCc1ccc([N+](=O)[O-])cc1. The van der Waals surface area contributed by atoms with Gasteiger partial charge in [-0.05, 0) is 30.7 Å². The number of nitro benzene ring substituents is 1.